The van der Waals surface area contributed by atoms with Gasteiger partial charge in [-0.25, -0.2) is 0 Å². The maximum Gasteiger partial charge on any atom is 0.216 e. The molecule has 1 amide bonds. The van der Waals surface area contributed by atoms with Crippen molar-refractivity contribution in [1.82, 2.24) is 5.32 Å². The number of piperidine rings is 1. The Kier molecular flexibility index (Phi) is 5.65. The Bertz CT molecular complexity index is 497. The molecule has 1 heterocycles. The molecule has 21 heavy (non-hydrogen) atoms. The summed E-state index contributed by atoms with van der Waals surface area (Å²) < 4.78 is 0.954. The smallest absolute Gasteiger partial charge is 0.216 e. The average Bonchev–Trinajstić information content (AvgIpc) is 2.45. The van der Waals surface area contributed by atoms with Gasteiger partial charge < -0.3 is 15.3 Å². The minimum absolute atomic E-state index is 0.0510. The fourth-order valence-corrected chi connectivity index (χ4v) is 3.43. The Labute approximate surface area is 134 Å². The van der Waals surface area contributed by atoms with Gasteiger partial charge in [-0.15, -0.1) is 0 Å². The van der Waals surface area contributed by atoms with Gasteiger partial charge in [0.15, 0.2) is 0 Å². The van der Waals surface area contributed by atoms with Crippen LogP contribution in [0.2, 0.25) is 0 Å². The molecule has 1 aliphatic rings. The Hall–Kier alpha value is -1.07. The zero-order valence-electron chi connectivity index (χ0n) is 12.6. The summed E-state index contributed by atoms with van der Waals surface area (Å²) in [5, 5.41) is 12.6. The van der Waals surface area contributed by atoms with Crippen LogP contribution in [-0.4, -0.2) is 30.6 Å². The van der Waals surface area contributed by atoms with E-state index in [1.807, 2.05) is 6.07 Å². The van der Waals surface area contributed by atoms with Crippen LogP contribution in [0.1, 0.15) is 38.4 Å². The third kappa shape index (κ3) is 4.45. The largest absolute Gasteiger partial charge is 0.389 e. The standard InChI is InChI=1S/C16H23BrN2O2/c1-11(20)15-4-3-14(9-16(15)17)19-7-5-13(6-8-19)10-18-12(2)21/h3-4,9,11,13,20H,5-8,10H2,1-2H3,(H,18,21)/t11-/m0/s1. The van der Waals surface area contributed by atoms with Crippen LogP contribution in [0.5, 0.6) is 0 Å². The molecule has 5 heteroatoms. The second kappa shape index (κ2) is 7.27. The van der Waals surface area contributed by atoms with E-state index in [1.165, 1.54) is 5.69 Å². The molecule has 1 aliphatic heterocycles. The number of carbonyl (C=O) groups excluding carboxylic acids is 1. The summed E-state index contributed by atoms with van der Waals surface area (Å²) in [4.78, 5) is 13.3. The number of rotatable bonds is 4. The van der Waals surface area contributed by atoms with Gasteiger partial charge in [-0.2, -0.15) is 0 Å². The SMILES string of the molecule is CC(=O)NCC1CCN(c2ccc([C@H](C)O)c(Br)c2)CC1. The van der Waals surface area contributed by atoms with Crippen molar-refractivity contribution in [1.29, 1.82) is 0 Å². The Morgan fingerprint density at radius 2 is 2.14 bits per heavy atom. The number of hydrogen-bond acceptors (Lipinski definition) is 3. The third-order valence-electron chi connectivity index (χ3n) is 4.05. The van der Waals surface area contributed by atoms with Crippen molar-refractivity contribution in [2.75, 3.05) is 24.5 Å². The molecule has 2 N–H and O–H groups in total. The third-order valence-corrected chi connectivity index (χ3v) is 4.74. The summed E-state index contributed by atoms with van der Waals surface area (Å²) >= 11 is 3.53. The Balaban J connectivity index is 1.93. The molecule has 0 saturated carbocycles. The predicted octanol–water partition coefficient (Wildman–Crippen LogP) is 2.85. The van der Waals surface area contributed by atoms with Gasteiger partial charge in [0.2, 0.25) is 5.91 Å². The molecule has 4 nitrogen and oxygen atoms in total. The first kappa shape index (κ1) is 16.3. The number of nitrogens with zero attached hydrogens (tertiary/aromatic N) is 1. The van der Waals surface area contributed by atoms with Gasteiger partial charge in [0.25, 0.3) is 0 Å². The molecule has 2 rings (SSSR count). The van der Waals surface area contributed by atoms with Crippen LogP contribution >= 0.6 is 15.9 Å². The monoisotopic (exact) mass is 354 g/mol. The normalized spacial score (nSPS) is 17.6. The van der Waals surface area contributed by atoms with E-state index < -0.39 is 6.10 Å². The summed E-state index contributed by atoms with van der Waals surface area (Å²) in [5.74, 6) is 0.625. The van der Waals surface area contributed by atoms with Gasteiger partial charge >= 0.3 is 0 Å². The molecule has 0 aromatic heterocycles. The number of anilines is 1. The molecule has 1 aromatic rings. The van der Waals surface area contributed by atoms with E-state index in [4.69, 9.17) is 0 Å². The van der Waals surface area contributed by atoms with Crippen molar-refractivity contribution in [3.05, 3.63) is 28.2 Å². The number of carbonyl (C=O) groups is 1. The number of hydrogen-bond donors (Lipinski definition) is 2. The first-order valence-corrected chi connectivity index (χ1v) is 8.23. The molecule has 0 aliphatic carbocycles. The van der Waals surface area contributed by atoms with Crippen LogP contribution < -0.4 is 10.2 Å². The molecular formula is C16H23BrN2O2. The zero-order valence-corrected chi connectivity index (χ0v) is 14.2. The number of amides is 1. The highest BCUT2D eigenvalue weighted by Crippen LogP contribution is 2.30. The molecule has 1 saturated heterocycles. The van der Waals surface area contributed by atoms with Crippen LogP contribution in [-0.2, 0) is 4.79 Å². The van der Waals surface area contributed by atoms with E-state index in [-0.39, 0.29) is 5.91 Å². The summed E-state index contributed by atoms with van der Waals surface area (Å²) in [6.07, 6.45) is 1.73. The fraction of sp³-hybridized carbons (Fsp3) is 0.562. The van der Waals surface area contributed by atoms with Crippen LogP contribution in [0.15, 0.2) is 22.7 Å². The van der Waals surface area contributed by atoms with Crippen LogP contribution in [0.4, 0.5) is 5.69 Å². The lowest BCUT2D eigenvalue weighted by Gasteiger charge is -2.34. The molecule has 0 unspecified atom stereocenters. The molecule has 1 atom stereocenters. The van der Waals surface area contributed by atoms with Crippen molar-refractivity contribution < 1.29 is 9.90 Å². The highest BCUT2D eigenvalue weighted by molar-refractivity contribution is 9.10. The number of benzene rings is 1. The molecule has 0 radical (unpaired) electrons. The van der Waals surface area contributed by atoms with Crippen molar-refractivity contribution in [2.24, 2.45) is 5.92 Å². The Morgan fingerprint density at radius 3 is 2.67 bits per heavy atom. The van der Waals surface area contributed by atoms with E-state index in [0.29, 0.717) is 5.92 Å². The Morgan fingerprint density at radius 1 is 1.48 bits per heavy atom. The topological polar surface area (TPSA) is 52.6 Å². The van der Waals surface area contributed by atoms with E-state index in [2.05, 4.69) is 38.3 Å². The van der Waals surface area contributed by atoms with Crippen molar-refractivity contribution >= 4 is 27.5 Å². The first-order valence-electron chi connectivity index (χ1n) is 7.44. The van der Waals surface area contributed by atoms with Crippen LogP contribution in [0.25, 0.3) is 0 Å². The predicted molar refractivity (Wildman–Crippen MR) is 88.4 cm³/mol. The molecule has 0 spiro atoms. The number of aliphatic hydroxyl groups is 1. The quantitative estimate of drug-likeness (QED) is 0.873. The van der Waals surface area contributed by atoms with Crippen molar-refractivity contribution in [2.45, 2.75) is 32.8 Å². The highest BCUT2D eigenvalue weighted by atomic mass is 79.9. The van der Waals surface area contributed by atoms with Crippen molar-refractivity contribution in [3.63, 3.8) is 0 Å². The van der Waals surface area contributed by atoms with Crippen molar-refractivity contribution in [3.8, 4) is 0 Å². The maximum atomic E-state index is 10.9. The van der Waals surface area contributed by atoms with Gasteiger partial charge in [0.05, 0.1) is 6.10 Å². The first-order chi connectivity index (χ1) is 9.97. The molecular weight excluding hydrogens is 332 g/mol. The summed E-state index contributed by atoms with van der Waals surface area (Å²) in [5.41, 5.74) is 2.10. The van der Waals surface area contributed by atoms with Crippen LogP contribution in [0.3, 0.4) is 0 Å². The summed E-state index contributed by atoms with van der Waals surface area (Å²) in [6, 6.07) is 6.13. The van der Waals surface area contributed by atoms with E-state index in [1.54, 1.807) is 13.8 Å². The molecule has 1 fully saturated rings. The minimum Gasteiger partial charge on any atom is -0.389 e. The summed E-state index contributed by atoms with van der Waals surface area (Å²) in [7, 11) is 0. The highest BCUT2D eigenvalue weighted by Gasteiger charge is 2.20. The molecule has 0 bridgehead atoms. The van der Waals surface area contributed by atoms with E-state index >= 15 is 0 Å². The molecule has 116 valence electrons. The van der Waals surface area contributed by atoms with Gasteiger partial charge in [-0.05, 0) is 43.4 Å². The number of halogens is 1. The van der Waals surface area contributed by atoms with E-state index in [9.17, 15) is 9.90 Å². The molecule has 1 aromatic carbocycles. The lowest BCUT2D eigenvalue weighted by molar-refractivity contribution is -0.119. The van der Waals surface area contributed by atoms with Gasteiger partial charge in [-0.3, -0.25) is 4.79 Å². The van der Waals surface area contributed by atoms with Gasteiger partial charge in [0.1, 0.15) is 0 Å². The van der Waals surface area contributed by atoms with Gasteiger partial charge in [0, 0.05) is 36.7 Å². The second-order valence-corrected chi connectivity index (χ2v) is 6.60. The van der Waals surface area contributed by atoms with Gasteiger partial charge in [-0.1, -0.05) is 22.0 Å². The minimum atomic E-state index is -0.461. The van der Waals surface area contributed by atoms with E-state index in [0.717, 1.165) is 42.5 Å². The summed E-state index contributed by atoms with van der Waals surface area (Å²) in [6.45, 7) is 6.13. The van der Waals surface area contributed by atoms with Crippen LogP contribution in [0, 0.1) is 5.92 Å². The number of aliphatic hydroxyl groups excluding tert-OH is 1. The lowest BCUT2D eigenvalue weighted by Crippen LogP contribution is -2.38. The number of nitrogens with one attached hydrogen (secondary N) is 1. The zero-order chi connectivity index (χ0) is 15.4. The average molecular weight is 355 g/mol. The maximum absolute atomic E-state index is 10.9. The fourth-order valence-electron chi connectivity index (χ4n) is 2.73. The lowest BCUT2D eigenvalue weighted by atomic mass is 9.96. The second-order valence-electron chi connectivity index (χ2n) is 5.75.